The van der Waals surface area contributed by atoms with Gasteiger partial charge in [0, 0.05) is 0 Å². The third kappa shape index (κ3) is 2.72. The van der Waals surface area contributed by atoms with E-state index < -0.39 is 0 Å². The van der Waals surface area contributed by atoms with Crippen LogP contribution in [-0.2, 0) is 0 Å². The van der Waals surface area contributed by atoms with Crippen LogP contribution in [0.2, 0.25) is 0 Å². The average molecular weight is 330 g/mol. The lowest BCUT2D eigenvalue weighted by Gasteiger charge is -2.12. The van der Waals surface area contributed by atoms with Gasteiger partial charge in [-0.2, -0.15) is 0 Å². The molecule has 0 unspecified atom stereocenters. The molecule has 4 aromatic rings. The van der Waals surface area contributed by atoms with Crippen LogP contribution in [0.25, 0.3) is 28.7 Å². The van der Waals surface area contributed by atoms with Gasteiger partial charge in [-0.15, -0.1) is 0 Å². The molecule has 2 aromatic carbocycles. The zero-order valence-corrected chi connectivity index (χ0v) is 13.2. The molecule has 0 spiro atoms. The van der Waals surface area contributed by atoms with E-state index >= 15 is 0 Å². The van der Waals surface area contributed by atoms with E-state index in [0.29, 0.717) is 28.2 Å². The Morgan fingerprint density at radius 3 is 2.56 bits per heavy atom. The number of phenols is 1. The van der Waals surface area contributed by atoms with Crippen molar-refractivity contribution in [1.82, 2.24) is 9.55 Å². The number of nitrogens with zero attached hydrogens (tertiary/aromatic N) is 2. The van der Waals surface area contributed by atoms with Crippen molar-refractivity contribution in [3.63, 3.8) is 0 Å². The van der Waals surface area contributed by atoms with Crippen molar-refractivity contribution in [1.29, 1.82) is 0 Å². The predicted octanol–water partition coefficient (Wildman–Crippen LogP) is 3.85. The molecular weight excluding hydrogens is 316 g/mol. The van der Waals surface area contributed by atoms with Crippen LogP contribution in [-0.4, -0.2) is 14.7 Å². The number of hydrogen-bond acceptors (Lipinski definition) is 4. The van der Waals surface area contributed by atoms with E-state index in [9.17, 15) is 9.90 Å². The highest BCUT2D eigenvalue weighted by Crippen LogP contribution is 2.22. The van der Waals surface area contributed by atoms with Gasteiger partial charge in [-0.1, -0.05) is 24.3 Å². The van der Waals surface area contributed by atoms with E-state index in [-0.39, 0.29) is 11.3 Å². The summed E-state index contributed by atoms with van der Waals surface area (Å²) in [6, 6.07) is 17.4. The maximum absolute atomic E-state index is 13.0. The Morgan fingerprint density at radius 1 is 0.960 bits per heavy atom. The third-order valence-corrected chi connectivity index (χ3v) is 3.86. The fourth-order valence-electron chi connectivity index (χ4n) is 2.69. The summed E-state index contributed by atoms with van der Waals surface area (Å²) in [6.45, 7) is 0. The molecule has 0 amide bonds. The Kier molecular flexibility index (Phi) is 3.67. The van der Waals surface area contributed by atoms with Gasteiger partial charge in [0.15, 0.2) is 0 Å². The molecule has 5 nitrogen and oxygen atoms in total. The second kappa shape index (κ2) is 6.13. The van der Waals surface area contributed by atoms with Crippen molar-refractivity contribution in [3.05, 3.63) is 88.9 Å². The molecule has 0 fully saturated rings. The minimum Gasteiger partial charge on any atom is -0.506 e. The molecule has 2 heterocycles. The van der Waals surface area contributed by atoms with E-state index in [4.69, 9.17) is 4.42 Å². The van der Waals surface area contributed by atoms with Crippen molar-refractivity contribution >= 4 is 23.1 Å². The Bertz CT molecular complexity index is 1130. The molecule has 2 aromatic heterocycles. The van der Waals surface area contributed by atoms with E-state index in [0.717, 1.165) is 0 Å². The zero-order chi connectivity index (χ0) is 17.2. The third-order valence-electron chi connectivity index (χ3n) is 3.86. The summed E-state index contributed by atoms with van der Waals surface area (Å²) in [5.74, 6) is 1.06. The van der Waals surface area contributed by atoms with Crippen LogP contribution in [0.4, 0.5) is 0 Å². The standard InChI is InChI=1S/C20H14N2O3/c23-18-10-4-3-9-17(18)22-19(12-11-14-6-5-13-25-14)21-16-8-2-1-7-15(16)20(22)24/h1-13,23H. The molecule has 0 atom stereocenters. The number of hydrogen-bond donors (Lipinski definition) is 1. The molecule has 0 saturated carbocycles. The van der Waals surface area contributed by atoms with Crippen LogP contribution in [0.5, 0.6) is 5.75 Å². The van der Waals surface area contributed by atoms with Crippen LogP contribution in [0.3, 0.4) is 0 Å². The Balaban J connectivity index is 2.01. The van der Waals surface area contributed by atoms with Gasteiger partial charge in [-0.3, -0.25) is 9.36 Å². The highest BCUT2D eigenvalue weighted by Gasteiger charge is 2.13. The van der Waals surface area contributed by atoms with Crippen LogP contribution in [0.1, 0.15) is 11.6 Å². The monoisotopic (exact) mass is 330 g/mol. The van der Waals surface area contributed by atoms with Gasteiger partial charge in [0.2, 0.25) is 0 Å². The fraction of sp³-hybridized carbons (Fsp3) is 0. The lowest BCUT2D eigenvalue weighted by Crippen LogP contribution is -2.22. The second-order valence-corrected chi connectivity index (χ2v) is 5.47. The first-order chi connectivity index (χ1) is 12.2. The minimum absolute atomic E-state index is 0.00864. The summed E-state index contributed by atoms with van der Waals surface area (Å²) < 4.78 is 6.69. The average Bonchev–Trinajstić information content (AvgIpc) is 3.15. The van der Waals surface area contributed by atoms with Gasteiger partial charge >= 0.3 is 0 Å². The minimum atomic E-state index is -0.244. The summed E-state index contributed by atoms with van der Waals surface area (Å²) in [5, 5.41) is 10.7. The molecule has 0 radical (unpaired) electrons. The number of phenolic OH excluding ortho intramolecular Hbond substituents is 1. The van der Waals surface area contributed by atoms with Gasteiger partial charge in [-0.25, -0.2) is 4.98 Å². The van der Waals surface area contributed by atoms with Crippen LogP contribution >= 0.6 is 0 Å². The maximum Gasteiger partial charge on any atom is 0.266 e. The number of furan rings is 1. The Hall–Kier alpha value is -3.60. The molecule has 0 aliphatic rings. The smallest absolute Gasteiger partial charge is 0.266 e. The first-order valence-electron chi connectivity index (χ1n) is 7.76. The van der Waals surface area contributed by atoms with Crippen molar-refractivity contribution in [2.75, 3.05) is 0 Å². The van der Waals surface area contributed by atoms with E-state index in [1.54, 1.807) is 66.9 Å². The Morgan fingerprint density at radius 2 is 1.76 bits per heavy atom. The molecule has 25 heavy (non-hydrogen) atoms. The maximum atomic E-state index is 13.0. The van der Waals surface area contributed by atoms with Gasteiger partial charge in [0.1, 0.15) is 17.3 Å². The molecular formula is C20H14N2O3. The summed E-state index contributed by atoms with van der Waals surface area (Å²) in [4.78, 5) is 17.6. The lowest BCUT2D eigenvalue weighted by atomic mass is 10.2. The van der Waals surface area contributed by atoms with Crippen molar-refractivity contribution < 1.29 is 9.52 Å². The summed E-state index contributed by atoms with van der Waals surface area (Å²) in [6.07, 6.45) is 5.00. The van der Waals surface area contributed by atoms with Gasteiger partial charge in [-0.05, 0) is 48.6 Å². The van der Waals surface area contributed by atoms with E-state index in [1.165, 1.54) is 10.6 Å². The SMILES string of the molecule is O=c1c2ccccc2nc(C=Cc2ccco2)n1-c1ccccc1O. The number of rotatable bonds is 3. The highest BCUT2D eigenvalue weighted by molar-refractivity contribution is 5.80. The Labute approximate surface area is 143 Å². The fourth-order valence-corrected chi connectivity index (χ4v) is 2.69. The largest absolute Gasteiger partial charge is 0.506 e. The summed E-state index contributed by atoms with van der Waals surface area (Å²) in [5.41, 5.74) is 0.731. The molecule has 122 valence electrons. The number of benzene rings is 2. The number of aromatic nitrogens is 2. The van der Waals surface area contributed by atoms with Crippen LogP contribution in [0.15, 0.2) is 76.1 Å². The van der Waals surface area contributed by atoms with Crippen LogP contribution < -0.4 is 5.56 Å². The molecule has 1 N–H and O–H groups in total. The molecule has 0 aliphatic heterocycles. The van der Waals surface area contributed by atoms with Crippen molar-refractivity contribution in [3.8, 4) is 11.4 Å². The first-order valence-corrected chi connectivity index (χ1v) is 7.76. The van der Waals surface area contributed by atoms with Crippen LogP contribution in [0, 0.1) is 0 Å². The summed E-state index contributed by atoms with van der Waals surface area (Å²) >= 11 is 0. The van der Waals surface area contributed by atoms with Gasteiger partial charge in [0.05, 0.1) is 22.9 Å². The quantitative estimate of drug-likeness (QED) is 0.619. The van der Waals surface area contributed by atoms with Gasteiger partial charge < -0.3 is 9.52 Å². The summed E-state index contributed by atoms with van der Waals surface area (Å²) in [7, 11) is 0. The second-order valence-electron chi connectivity index (χ2n) is 5.47. The van der Waals surface area contributed by atoms with Crippen molar-refractivity contribution in [2.45, 2.75) is 0 Å². The molecule has 4 rings (SSSR count). The van der Waals surface area contributed by atoms with E-state index in [2.05, 4.69) is 4.98 Å². The molecule has 0 aliphatic carbocycles. The molecule has 5 heteroatoms. The normalized spacial score (nSPS) is 11.4. The number of fused-ring (bicyclic) bond motifs is 1. The predicted molar refractivity (Wildman–Crippen MR) is 96.6 cm³/mol. The highest BCUT2D eigenvalue weighted by atomic mass is 16.3. The number of aromatic hydroxyl groups is 1. The van der Waals surface area contributed by atoms with E-state index in [1.807, 2.05) is 6.07 Å². The molecule has 0 saturated heterocycles. The van der Waals surface area contributed by atoms with Gasteiger partial charge in [0.25, 0.3) is 5.56 Å². The number of para-hydroxylation sites is 3. The topological polar surface area (TPSA) is 68.3 Å². The van der Waals surface area contributed by atoms with Crippen molar-refractivity contribution in [2.24, 2.45) is 0 Å². The lowest BCUT2D eigenvalue weighted by molar-refractivity contribution is 0.471. The molecule has 0 bridgehead atoms. The first kappa shape index (κ1) is 15.0. The zero-order valence-electron chi connectivity index (χ0n) is 13.2.